The molecule has 0 radical (unpaired) electrons. The Bertz CT molecular complexity index is 1810. The molecule has 4 aromatic rings. The van der Waals surface area contributed by atoms with Gasteiger partial charge < -0.3 is 14.6 Å². The Hall–Kier alpha value is -4.57. The Balaban J connectivity index is 0.000000445. The second-order valence-electron chi connectivity index (χ2n) is 10.6. The summed E-state index contributed by atoms with van der Waals surface area (Å²) in [6, 6.07) is 10.2. The topological polar surface area (TPSA) is 116 Å². The lowest BCUT2D eigenvalue weighted by atomic mass is 10.1. The SMILES string of the molecule is CC.CCCC(=O)C(C)N(C=S)c1ccc(OCC)c(-c2nn3c(CCC)nc(C)c3c(=O)[nH]2)c1.Cc1ccc(C#N)c(C(F)(F)F)c1. The first kappa shape index (κ1) is 39.6. The number of ether oxygens (including phenoxy) is 1. The molecule has 0 bridgehead atoms. The molecule has 13 heteroatoms. The van der Waals surface area contributed by atoms with Crippen molar-refractivity contribution in [1.82, 2.24) is 19.6 Å². The summed E-state index contributed by atoms with van der Waals surface area (Å²) in [5.74, 6) is 1.80. The molecule has 0 aliphatic carbocycles. The van der Waals surface area contributed by atoms with Crippen LogP contribution in [0.1, 0.15) is 89.0 Å². The second kappa shape index (κ2) is 18.1. The molecule has 2 heterocycles. The lowest BCUT2D eigenvalue weighted by molar-refractivity contribution is -0.137. The number of carbonyl (C=O) groups excluding carboxylic acids is 1. The standard InChI is InChI=1S/C24H31N5O3S.C9H6F3N.C2H6/c1-6-9-19(30)16(5)28(14-33)17-11-12-20(32-8-3)18(13-17)23-26-24(31)22-15(4)25-21(10-7-2)29(22)27-23;1-6-2-3-7(5-13)8(4-6)9(10,11)12;1-2/h11-14,16H,6-10H2,1-5H3,(H,26,27,31);2-4H,1H3;1-2H3. The third-order valence-corrected chi connectivity index (χ3v) is 7.35. The highest BCUT2D eigenvalue weighted by Crippen LogP contribution is 2.33. The summed E-state index contributed by atoms with van der Waals surface area (Å²) in [5.41, 5.74) is 2.93. The summed E-state index contributed by atoms with van der Waals surface area (Å²) in [6.45, 7) is 15.6. The van der Waals surface area contributed by atoms with Crippen molar-refractivity contribution >= 4 is 34.7 Å². The first-order valence-electron chi connectivity index (χ1n) is 15.9. The minimum absolute atomic E-state index is 0.111. The maximum atomic E-state index is 12.9. The van der Waals surface area contributed by atoms with E-state index in [1.807, 2.05) is 59.7 Å². The molecule has 1 unspecified atom stereocenters. The van der Waals surface area contributed by atoms with E-state index < -0.39 is 17.8 Å². The van der Waals surface area contributed by atoms with Crippen LogP contribution >= 0.6 is 12.2 Å². The van der Waals surface area contributed by atoms with Crippen LogP contribution in [0.5, 0.6) is 5.75 Å². The first-order valence-corrected chi connectivity index (χ1v) is 16.4. The number of ketones is 1. The molecular formula is C35H43F3N6O3S. The van der Waals surface area contributed by atoms with Gasteiger partial charge in [-0.15, -0.1) is 5.10 Å². The molecule has 2 aromatic heterocycles. The Morgan fingerprint density at radius 2 is 1.83 bits per heavy atom. The van der Waals surface area contributed by atoms with Gasteiger partial charge in [-0.3, -0.25) is 9.59 Å². The van der Waals surface area contributed by atoms with Crippen molar-refractivity contribution in [2.45, 2.75) is 93.3 Å². The van der Waals surface area contributed by atoms with Crippen LogP contribution in [-0.4, -0.2) is 43.5 Å². The molecule has 1 atom stereocenters. The minimum Gasteiger partial charge on any atom is -0.493 e. The van der Waals surface area contributed by atoms with Crippen LogP contribution < -0.4 is 15.2 Å². The molecule has 0 amide bonds. The number of halogens is 3. The van der Waals surface area contributed by atoms with Gasteiger partial charge in [-0.2, -0.15) is 18.4 Å². The van der Waals surface area contributed by atoms with Gasteiger partial charge >= 0.3 is 6.18 Å². The Morgan fingerprint density at radius 1 is 1.15 bits per heavy atom. The molecule has 2 aromatic carbocycles. The number of aromatic amines is 1. The number of alkyl halides is 3. The number of imidazole rings is 1. The van der Waals surface area contributed by atoms with Crippen molar-refractivity contribution < 1.29 is 22.7 Å². The maximum absolute atomic E-state index is 12.9. The van der Waals surface area contributed by atoms with Gasteiger partial charge in [0, 0.05) is 18.5 Å². The Kier molecular flexibility index (Phi) is 14.9. The smallest absolute Gasteiger partial charge is 0.417 e. The number of rotatable bonds is 11. The monoisotopic (exact) mass is 684 g/mol. The van der Waals surface area contributed by atoms with Gasteiger partial charge in [0.15, 0.2) is 17.1 Å². The molecule has 0 saturated carbocycles. The molecule has 258 valence electrons. The van der Waals surface area contributed by atoms with Crippen molar-refractivity contribution in [3.63, 3.8) is 0 Å². The van der Waals surface area contributed by atoms with Crippen molar-refractivity contribution in [3.05, 3.63) is 75.0 Å². The van der Waals surface area contributed by atoms with Crippen LogP contribution in [0.15, 0.2) is 41.2 Å². The molecule has 0 aliphatic rings. The lowest BCUT2D eigenvalue weighted by Crippen LogP contribution is -2.37. The average molecular weight is 685 g/mol. The van der Waals surface area contributed by atoms with Crippen molar-refractivity contribution in [1.29, 1.82) is 5.26 Å². The summed E-state index contributed by atoms with van der Waals surface area (Å²) in [6.07, 6.45) is -1.60. The summed E-state index contributed by atoms with van der Waals surface area (Å²) < 4.78 is 44.3. The number of aromatic nitrogens is 4. The van der Waals surface area contributed by atoms with E-state index >= 15 is 0 Å². The largest absolute Gasteiger partial charge is 0.493 e. The number of nitrogens with zero attached hydrogens (tertiary/aromatic N) is 5. The van der Waals surface area contributed by atoms with Crippen LogP contribution in [0.3, 0.4) is 0 Å². The van der Waals surface area contributed by atoms with Gasteiger partial charge in [0.05, 0.1) is 46.6 Å². The Morgan fingerprint density at radius 3 is 2.40 bits per heavy atom. The van der Waals surface area contributed by atoms with Gasteiger partial charge in [0.2, 0.25) is 0 Å². The summed E-state index contributed by atoms with van der Waals surface area (Å²) in [4.78, 5) is 34.7. The maximum Gasteiger partial charge on any atom is 0.417 e. The zero-order valence-corrected chi connectivity index (χ0v) is 29.5. The van der Waals surface area contributed by atoms with E-state index in [2.05, 4.69) is 16.9 Å². The highest BCUT2D eigenvalue weighted by molar-refractivity contribution is 7.79. The van der Waals surface area contributed by atoms with Crippen LogP contribution in [-0.2, 0) is 17.4 Å². The first-order chi connectivity index (χ1) is 22.8. The van der Waals surface area contributed by atoms with Gasteiger partial charge in [-0.25, -0.2) is 9.50 Å². The minimum atomic E-state index is -4.45. The fourth-order valence-electron chi connectivity index (χ4n) is 4.86. The van der Waals surface area contributed by atoms with Crippen molar-refractivity contribution in [3.8, 4) is 23.2 Å². The number of nitriles is 1. The average Bonchev–Trinajstić information content (AvgIpc) is 3.38. The molecule has 4 rings (SSSR count). The van der Waals surface area contributed by atoms with Crippen LogP contribution in [0.4, 0.5) is 18.9 Å². The van der Waals surface area contributed by atoms with E-state index in [9.17, 15) is 22.8 Å². The number of fused-ring (bicyclic) bond motifs is 1. The number of thiocarbonyl (C=S) groups is 1. The van der Waals surface area contributed by atoms with Crippen molar-refractivity contribution in [2.24, 2.45) is 0 Å². The molecule has 1 N–H and O–H groups in total. The van der Waals surface area contributed by atoms with Crippen LogP contribution in [0.25, 0.3) is 16.9 Å². The summed E-state index contributed by atoms with van der Waals surface area (Å²) >= 11 is 5.24. The van der Waals surface area contributed by atoms with E-state index in [0.717, 1.165) is 30.4 Å². The number of hydrogen-bond acceptors (Lipinski definition) is 7. The number of hydrogen-bond donors (Lipinski definition) is 1. The number of Topliss-reactive ketones (excluding diaryl/α,β-unsaturated/α-hetero) is 1. The van der Waals surface area contributed by atoms with E-state index in [-0.39, 0.29) is 16.9 Å². The highest BCUT2D eigenvalue weighted by Gasteiger charge is 2.33. The van der Waals surface area contributed by atoms with Crippen LogP contribution in [0, 0.1) is 25.2 Å². The predicted octanol–water partition coefficient (Wildman–Crippen LogP) is 8.18. The number of carbonyl (C=O) groups is 1. The molecule has 9 nitrogen and oxygen atoms in total. The van der Waals surface area contributed by atoms with E-state index in [4.69, 9.17) is 27.3 Å². The predicted molar refractivity (Wildman–Crippen MR) is 187 cm³/mol. The fraction of sp³-hybridized carbons (Fsp3) is 0.429. The quantitative estimate of drug-likeness (QED) is 0.157. The summed E-state index contributed by atoms with van der Waals surface area (Å²) in [7, 11) is 0. The van der Waals surface area contributed by atoms with Crippen LogP contribution in [0.2, 0.25) is 0 Å². The number of nitrogens with one attached hydrogen (secondary N) is 1. The molecule has 0 aliphatic heterocycles. The van der Waals surface area contributed by atoms with E-state index in [1.165, 1.54) is 23.7 Å². The molecule has 0 spiro atoms. The van der Waals surface area contributed by atoms with Crippen molar-refractivity contribution in [2.75, 3.05) is 11.5 Å². The molecule has 0 fully saturated rings. The van der Waals surface area contributed by atoms with Gasteiger partial charge in [-0.1, -0.05) is 51.5 Å². The molecular weight excluding hydrogens is 641 g/mol. The Labute approximate surface area is 284 Å². The second-order valence-corrected chi connectivity index (χ2v) is 10.8. The number of aryl methyl sites for hydroxylation is 3. The summed E-state index contributed by atoms with van der Waals surface area (Å²) in [5, 5.41) is 13.1. The van der Waals surface area contributed by atoms with E-state index in [1.54, 1.807) is 16.3 Å². The normalized spacial score (nSPS) is 11.4. The van der Waals surface area contributed by atoms with Gasteiger partial charge in [0.25, 0.3) is 5.56 Å². The van der Waals surface area contributed by atoms with E-state index in [0.29, 0.717) is 53.4 Å². The lowest BCUT2D eigenvalue weighted by Gasteiger charge is -2.26. The molecule has 48 heavy (non-hydrogen) atoms. The number of benzene rings is 2. The van der Waals surface area contributed by atoms with Gasteiger partial charge in [0.1, 0.15) is 11.6 Å². The third kappa shape index (κ3) is 9.50. The number of H-pyrrole nitrogens is 1. The third-order valence-electron chi connectivity index (χ3n) is 7.13. The fourth-order valence-corrected chi connectivity index (χ4v) is 5.17. The molecule has 0 saturated heterocycles. The highest BCUT2D eigenvalue weighted by atomic mass is 32.1. The zero-order valence-electron chi connectivity index (χ0n) is 28.7. The zero-order chi connectivity index (χ0) is 36.2. The van der Waals surface area contributed by atoms with Gasteiger partial charge in [-0.05, 0) is 70.9 Å². The number of anilines is 1.